The molecule has 0 bridgehead atoms. The summed E-state index contributed by atoms with van der Waals surface area (Å²) in [7, 11) is 1.88. The van der Waals surface area contributed by atoms with Crippen LogP contribution in [0.1, 0.15) is 48.3 Å². The Bertz CT molecular complexity index is 1030. The number of amides is 1. The highest BCUT2D eigenvalue weighted by Gasteiger charge is 2.21. The number of aryl methyl sites for hydroxylation is 1. The van der Waals surface area contributed by atoms with Crippen LogP contribution in [0.15, 0.2) is 48.7 Å². The number of nitrogens with one attached hydrogen (secondary N) is 1. The van der Waals surface area contributed by atoms with E-state index in [0.29, 0.717) is 20.9 Å². The average molecular weight is 479 g/mol. The molecular formula is C24H26Cl3N3O. The summed E-state index contributed by atoms with van der Waals surface area (Å²) < 4.78 is 1.86. The molecule has 0 aliphatic heterocycles. The minimum atomic E-state index is -0.0859. The third-order valence-electron chi connectivity index (χ3n) is 5.38. The van der Waals surface area contributed by atoms with E-state index in [1.807, 2.05) is 42.8 Å². The van der Waals surface area contributed by atoms with E-state index < -0.39 is 0 Å². The van der Waals surface area contributed by atoms with Crippen molar-refractivity contribution in [2.45, 2.75) is 45.1 Å². The molecule has 1 aliphatic carbocycles. The Balaban J connectivity index is 0.000000287. The molecule has 0 atom stereocenters. The van der Waals surface area contributed by atoms with Crippen LogP contribution in [-0.4, -0.2) is 21.5 Å². The van der Waals surface area contributed by atoms with Gasteiger partial charge in [0.2, 0.25) is 0 Å². The predicted molar refractivity (Wildman–Crippen MR) is 129 cm³/mol. The van der Waals surface area contributed by atoms with Gasteiger partial charge in [0.05, 0.1) is 11.9 Å². The van der Waals surface area contributed by atoms with E-state index in [0.717, 1.165) is 29.7 Å². The largest absolute Gasteiger partial charge is 0.347 e. The monoisotopic (exact) mass is 477 g/mol. The van der Waals surface area contributed by atoms with Gasteiger partial charge < -0.3 is 9.88 Å². The zero-order valence-electron chi connectivity index (χ0n) is 17.7. The average Bonchev–Trinajstić information content (AvgIpc) is 3.10. The Morgan fingerprint density at radius 2 is 1.65 bits per heavy atom. The van der Waals surface area contributed by atoms with Gasteiger partial charge in [-0.3, -0.25) is 4.79 Å². The number of carbonyl (C=O) groups excluding carboxylic acids is 1. The second-order valence-electron chi connectivity index (χ2n) is 7.73. The van der Waals surface area contributed by atoms with Crippen molar-refractivity contribution in [3.63, 3.8) is 0 Å². The quantitative estimate of drug-likeness (QED) is 0.436. The SMILES string of the molecule is Cc1cc(Cl)ccc1-c1cnc(C(=O)NC2CCCCC2)n1C.Clc1cccc(Cl)c1. The first-order valence-corrected chi connectivity index (χ1v) is 11.5. The maximum atomic E-state index is 12.5. The first-order chi connectivity index (χ1) is 14.8. The molecule has 2 aromatic carbocycles. The van der Waals surface area contributed by atoms with Crippen LogP contribution >= 0.6 is 34.8 Å². The summed E-state index contributed by atoms with van der Waals surface area (Å²) in [6.07, 6.45) is 7.56. The van der Waals surface area contributed by atoms with Crippen LogP contribution in [0.4, 0.5) is 0 Å². The molecule has 4 rings (SSSR count). The molecule has 1 amide bonds. The van der Waals surface area contributed by atoms with Gasteiger partial charge in [0.1, 0.15) is 0 Å². The number of halogens is 3. The van der Waals surface area contributed by atoms with Gasteiger partial charge in [-0.25, -0.2) is 4.98 Å². The van der Waals surface area contributed by atoms with Crippen LogP contribution in [0.5, 0.6) is 0 Å². The number of aromatic nitrogens is 2. The molecular weight excluding hydrogens is 453 g/mol. The lowest BCUT2D eigenvalue weighted by Crippen LogP contribution is -2.37. The van der Waals surface area contributed by atoms with E-state index in [1.54, 1.807) is 24.4 Å². The summed E-state index contributed by atoms with van der Waals surface area (Å²) in [6, 6.07) is 13.1. The van der Waals surface area contributed by atoms with E-state index in [4.69, 9.17) is 34.8 Å². The van der Waals surface area contributed by atoms with Gasteiger partial charge in [0, 0.05) is 33.7 Å². The van der Waals surface area contributed by atoms with Gasteiger partial charge in [-0.1, -0.05) is 66.2 Å². The number of hydrogen-bond donors (Lipinski definition) is 1. The molecule has 0 radical (unpaired) electrons. The second-order valence-corrected chi connectivity index (χ2v) is 9.04. The Morgan fingerprint density at radius 3 is 2.23 bits per heavy atom. The highest BCUT2D eigenvalue weighted by Crippen LogP contribution is 2.26. The summed E-state index contributed by atoms with van der Waals surface area (Å²) >= 11 is 17.1. The molecule has 0 unspecified atom stereocenters. The van der Waals surface area contributed by atoms with Gasteiger partial charge in [0.15, 0.2) is 5.82 Å². The smallest absolute Gasteiger partial charge is 0.287 e. The first-order valence-electron chi connectivity index (χ1n) is 10.4. The summed E-state index contributed by atoms with van der Waals surface area (Å²) in [5, 5.41) is 5.19. The number of rotatable bonds is 3. The lowest BCUT2D eigenvalue weighted by Gasteiger charge is -2.22. The van der Waals surface area contributed by atoms with Crippen LogP contribution in [0, 0.1) is 6.92 Å². The van der Waals surface area contributed by atoms with Gasteiger partial charge in [-0.15, -0.1) is 0 Å². The number of carbonyl (C=O) groups is 1. The van der Waals surface area contributed by atoms with Crippen molar-refractivity contribution in [1.82, 2.24) is 14.9 Å². The number of imidazole rings is 1. The first kappa shape index (κ1) is 23.6. The number of benzene rings is 2. The maximum absolute atomic E-state index is 12.5. The molecule has 1 fully saturated rings. The van der Waals surface area contributed by atoms with Crippen LogP contribution in [0.25, 0.3) is 11.3 Å². The van der Waals surface area contributed by atoms with Crippen LogP contribution in [0.3, 0.4) is 0 Å². The molecule has 1 aliphatic rings. The summed E-state index contributed by atoms with van der Waals surface area (Å²) in [5.74, 6) is 0.372. The van der Waals surface area contributed by atoms with E-state index in [2.05, 4.69) is 10.3 Å². The van der Waals surface area contributed by atoms with Crippen molar-refractivity contribution in [2.75, 3.05) is 0 Å². The number of nitrogens with zero attached hydrogens (tertiary/aromatic N) is 2. The summed E-state index contributed by atoms with van der Waals surface area (Å²) in [5.41, 5.74) is 3.04. The molecule has 0 spiro atoms. The zero-order valence-corrected chi connectivity index (χ0v) is 19.9. The molecule has 1 saturated carbocycles. The van der Waals surface area contributed by atoms with Crippen molar-refractivity contribution < 1.29 is 4.79 Å². The highest BCUT2D eigenvalue weighted by atomic mass is 35.5. The second kappa shape index (κ2) is 11.0. The van der Waals surface area contributed by atoms with Crippen molar-refractivity contribution in [1.29, 1.82) is 0 Å². The van der Waals surface area contributed by atoms with E-state index >= 15 is 0 Å². The molecule has 0 saturated heterocycles. The Hall–Kier alpha value is -2.01. The van der Waals surface area contributed by atoms with Crippen LogP contribution < -0.4 is 5.32 Å². The fourth-order valence-corrected chi connectivity index (χ4v) is 4.41. The van der Waals surface area contributed by atoms with Crippen molar-refractivity contribution >= 4 is 40.7 Å². The highest BCUT2D eigenvalue weighted by molar-refractivity contribution is 6.34. The van der Waals surface area contributed by atoms with E-state index in [1.165, 1.54) is 19.3 Å². The van der Waals surface area contributed by atoms with Gasteiger partial charge in [0.25, 0.3) is 5.91 Å². The lowest BCUT2D eigenvalue weighted by atomic mass is 9.95. The zero-order chi connectivity index (χ0) is 22.4. The summed E-state index contributed by atoms with van der Waals surface area (Å²) in [4.78, 5) is 16.8. The minimum absolute atomic E-state index is 0.0859. The van der Waals surface area contributed by atoms with Gasteiger partial charge in [-0.2, -0.15) is 0 Å². The molecule has 1 heterocycles. The lowest BCUT2D eigenvalue weighted by molar-refractivity contribution is 0.0914. The van der Waals surface area contributed by atoms with E-state index in [-0.39, 0.29) is 11.9 Å². The standard InChI is InChI=1S/C18H22ClN3O.C6H4Cl2/c1-12-10-13(19)8-9-15(12)16-11-20-17(22(16)2)18(23)21-14-6-4-3-5-7-14;7-5-2-1-3-6(8)4-5/h8-11,14H,3-7H2,1-2H3,(H,21,23);1-4H. The third kappa shape index (κ3) is 6.49. The normalized spacial score (nSPS) is 14.0. The topological polar surface area (TPSA) is 46.9 Å². The predicted octanol–water partition coefficient (Wildman–Crippen LogP) is 7.10. The summed E-state index contributed by atoms with van der Waals surface area (Å²) in [6.45, 7) is 2.01. The molecule has 1 N–H and O–H groups in total. The number of hydrogen-bond acceptors (Lipinski definition) is 2. The van der Waals surface area contributed by atoms with Crippen LogP contribution in [-0.2, 0) is 7.05 Å². The van der Waals surface area contributed by atoms with Crippen molar-refractivity contribution in [2.24, 2.45) is 7.05 Å². The molecule has 4 nitrogen and oxygen atoms in total. The molecule has 3 aromatic rings. The minimum Gasteiger partial charge on any atom is -0.347 e. The Labute approximate surface area is 198 Å². The maximum Gasteiger partial charge on any atom is 0.287 e. The van der Waals surface area contributed by atoms with Gasteiger partial charge >= 0.3 is 0 Å². The Morgan fingerprint density at radius 1 is 1.00 bits per heavy atom. The molecule has 7 heteroatoms. The fraction of sp³-hybridized carbons (Fsp3) is 0.333. The molecule has 1 aromatic heterocycles. The molecule has 164 valence electrons. The van der Waals surface area contributed by atoms with Crippen molar-refractivity contribution in [3.05, 3.63) is 75.1 Å². The fourth-order valence-electron chi connectivity index (χ4n) is 3.74. The molecule has 31 heavy (non-hydrogen) atoms. The Kier molecular flexibility index (Phi) is 8.42. The van der Waals surface area contributed by atoms with Crippen LogP contribution in [0.2, 0.25) is 15.1 Å². The van der Waals surface area contributed by atoms with Crippen molar-refractivity contribution in [3.8, 4) is 11.3 Å². The third-order valence-corrected chi connectivity index (χ3v) is 6.09. The van der Waals surface area contributed by atoms with E-state index in [9.17, 15) is 4.79 Å². The van der Waals surface area contributed by atoms with Gasteiger partial charge in [-0.05, 0) is 55.7 Å².